The van der Waals surface area contributed by atoms with Gasteiger partial charge in [0.2, 0.25) is 5.60 Å². The van der Waals surface area contributed by atoms with Gasteiger partial charge in [0.05, 0.1) is 13.4 Å². The van der Waals surface area contributed by atoms with E-state index in [-0.39, 0.29) is 23.4 Å². The van der Waals surface area contributed by atoms with Crippen LogP contribution in [0.15, 0.2) is 6.33 Å². The second-order valence-electron chi connectivity index (χ2n) is 6.30. The number of hydrogen-bond donors (Lipinski definition) is 1. The standard InChI is InChI=1S/C13H14B2FN5O3/c1-3-12(10(22)23-2)4-13(14,15)9(24-12)21-5-18-6-7(17)19-11(16)20-8(6)21/h1,5,9H,4,14-15H2,2H3,(H2,17,19,20). The predicted molar refractivity (Wildman–Crippen MR) is 87.8 cm³/mol. The molecule has 2 N–H and O–H groups in total. The number of nitrogen functional groups attached to an aromatic ring is 1. The fraction of sp³-hybridized carbons (Fsp3) is 0.385. The largest absolute Gasteiger partial charge is 0.466 e. The molecule has 0 radical (unpaired) electrons. The number of hydrogen-bond acceptors (Lipinski definition) is 7. The second kappa shape index (κ2) is 5.21. The van der Waals surface area contributed by atoms with Gasteiger partial charge >= 0.3 is 12.0 Å². The van der Waals surface area contributed by atoms with E-state index in [9.17, 15) is 9.18 Å². The Hall–Kier alpha value is -2.60. The number of terminal acetylenes is 1. The molecule has 2 unspecified atom stereocenters. The maximum atomic E-state index is 13.5. The molecule has 0 amide bonds. The van der Waals surface area contributed by atoms with Crippen LogP contribution in [0.2, 0.25) is 5.21 Å². The molecule has 2 aromatic heterocycles. The van der Waals surface area contributed by atoms with Gasteiger partial charge in [-0.05, 0) is 11.6 Å². The quantitative estimate of drug-likeness (QED) is 0.306. The summed E-state index contributed by atoms with van der Waals surface area (Å²) in [6.45, 7) is 0. The molecule has 1 fully saturated rings. The smallest absolute Gasteiger partial charge is 0.350 e. The number of ether oxygens (including phenoxy) is 2. The van der Waals surface area contributed by atoms with Crippen molar-refractivity contribution in [2.75, 3.05) is 12.8 Å². The summed E-state index contributed by atoms with van der Waals surface area (Å²) in [6.07, 6.45) is 5.47. The molecule has 0 saturated carbocycles. The van der Waals surface area contributed by atoms with Gasteiger partial charge in [0.15, 0.2) is 17.0 Å². The average molecular weight is 329 g/mol. The Morgan fingerprint density at radius 1 is 1.62 bits per heavy atom. The molecule has 1 aliphatic heterocycles. The fourth-order valence-electron chi connectivity index (χ4n) is 3.07. The molecule has 1 saturated heterocycles. The van der Waals surface area contributed by atoms with Crippen LogP contribution in [0, 0.1) is 18.4 Å². The number of carbonyl (C=O) groups excluding carboxylic acids is 1. The number of nitrogens with zero attached hydrogens (tertiary/aromatic N) is 4. The second-order valence-corrected chi connectivity index (χ2v) is 6.30. The molecule has 0 aliphatic carbocycles. The summed E-state index contributed by atoms with van der Waals surface area (Å²) < 4.78 is 25.7. The van der Waals surface area contributed by atoms with Gasteiger partial charge in [0.1, 0.15) is 21.9 Å². The van der Waals surface area contributed by atoms with Crippen molar-refractivity contribution in [1.82, 2.24) is 19.5 Å². The van der Waals surface area contributed by atoms with Gasteiger partial charge in [-0.25, -0.2) is 9.78 Å². The normalized spacial score (nSPS) is 25.5. The van der Waals surface area contributed by atoms with E-state index in [2.05, 4.69) is 20.9 Å². The van der Waals surface area contributed by atoms with Crippen molar-refractivity contribution in [1.29, 1.82) is 0 Å². The summed E-state index contributed by atoms with van der Waals surface area (Å²) in [7, 11) is 4.97. The minimum Gasteiger partial charge on any atom is -0.466 e. The van der Waals surface area contributed by atoms with Gasteiger partial charge in [-0.2, -0.15) is 14.4 Å². The number of rotatable bonds is 2. The average Bonchev–Trinajstić information content (AvgIpc) is 3.05. The van der Waals surface area contributed by atoms with Crippen LogP contribution < -0.4 is 5.73 Å². The third-order valence-corrected chi connectivity index (χ3v) is 4.11. The van der Waals surface area contributed by atoms with Gasteiger partial charge in [-0.3, -0.25) is 4.57 Å². The number of carbonyl (C=O) groups is 1. The maximum Gasteiger partial charge on any atom is 0.350 e. The Morgan fingerprint density at radius 2 is 2.33 bits per heavy atom. The van der Waals surface area contributed by atoms with Gasteiger partial charge < -0.3 is 15.2 Å². The van der Waals surface area contributed by atoms with E-state index in [1.165, 1.54) is 18.0 Å². The summed E-state index contributed by atoms with van der Waals surface area (Å²) in [5.74, 6) is 1.64. The highest BCUT2D eigenvalue weighted by molar-refractivity contribution is 6.40. The van der Waals surface area contributed by atoms with Crippen LogP contribution in [0.3, 0.4) is 0 Å². The van der Waals surface area contributed by atoms with Crippen LogP contribution in [0.5, 0.6) is 0 Å². The van der Waals surface area contributed by atoms with Gasteiger partial charge in [0.25, 0.3) is 0 Å². The number of methoxy groups -OCH3 is 1. The molecule has 11 heteroatoms. The van der Waals surface area contributed by atoms with Gasteiger partial charge in [-0.15, -0.1) is 6.42 Å². The van der Waals surface area contributed by atoms with E-state index >= 15 is 0 Å². The molecule has 24 heavy (non-hydrogen) atoms. The van der Waals surface area contributed by atoms with Crippen LogP contribution in [0.25, 0.3) is 11.2 Å². The molecule has 1 aliphatic rings. The summed E-state index contributed by atoms with van der Waals surface area (Å²) in [6, 6.07) is 0. The highest BCUT2D eigenvalue weighted by Gasteiger charge is 2.56. The molecule has 8 nitrogen and oxygen atoms in total. The number of imidazole rings is 1. The lowest BCUT2D eigenvalue weighted by Gasteiger charge is -2.26. The maximum absolute atomic E-state index is 13.5. The highest BCUT2D eigenvalue weighted by Crippen LogP contribution is 2.52. The molecule has 122 valence electrons. The molecular formula is C13H14B2FN5O3. The third kappa shape index (κ3) is 2.22. The Balaban J connectivity index is 2.13. The molecule has 2 atom stereocenters. The summed E-state index contributed by atoms with van der Waals surface area (Å²) >= 11 is 0. The number of nitrogens with two attached hydrogens (primary N) is 1. The minimum atomic E-state index is -1.53. The van der Waals surface area contributed by atoms with Crippen molar-refractivity contribution >= 4 is 38.6 Å². The zero-order valence-corrected chi connectivity index (χ0v) is 13.4. The van der Waals surface area contributed by atoms with Crippen LogP contribution in [0.4, 0.5) is 10.2 Å². The number of anilines is 1. The zero-order chi connectivity index (χ0) is 17.7. The SMILES string of the molecule is BC1(B)CC(C#C)(C(=O)OC)OC1n1cnc2c(N)nc(F)nc21. The topological polar surface area (TPSA) is 105 Å². The van der Waals surface area contributed by atoms with Crippen molar-refractivity contribution < 1.29 is 18.7 Å². The van der Waals surface area contributed by atoms with Crippen molar-refractivity contribution in [2.45, 2.75) is 23.5 Å². The van der Waals surface area contributed by atoms with Crippen LogP contribution in [-0.2, 0) is 14.3 Å². The Kier molecular flexibility index (Phi) is 3.53. The van der Waals surface area contributed by atoms with E-state index in [4.69, 9.17) is 21.6 Å². The first-order valence-corrected chi connectivity index (χ1v) is 7.13. The van der Waals surface area contributed by atoms with E-state index in [1.54, 1.807) is 0 Å². The fourth-order valence-corrected chi connectivity index (χ4v) is 3.07. The molecule has 0 spiro atoms. The summed E-state index contributed by atoms with van der Waals surface area (Å²) in [5, 5.41) is -0.579. The van der Waals surface area contributed by atoms with Crippen molar-refractivity contribution in [3.05, 3.63) is 12.4 Å². The Labute approximate surface area is 138 Å². The molecule has 3 heterocycles. The highest BCUT2D eigenvalue weighted by atomic mass is 19.1. The molecule has 0 aromatic carbocycles. The number of aromatic nitrogens is 4. The molecule has 2 aromatic rings. The Morgan fingerprint density at radius 3 is 2.96 bits per heavy atom. The van der Waals surface area contributed by atoms with Crippen LogP contribution >= 0.6 is 0 Å². The number of halogens is 1. The first-order valence-electron chi connectivity index (χ1n) is 7.13. The van der Waals surface area contributed by atoms with E-state index in [0.717, 1.165) is 0 Å². The van der Waals surface area contributed by atoms with E-state index < -0.39 is 29.1 Å². The molecule has 3 rings (SSSR count). The van der Waals surface area contributed by atoms with E-state index in [1.807, 2.05) is 15.7 Å². The van der Waals surface area contributed by atoms with Crippen molar-refractivity contribution in [3.63, 3.8) is 0 Å². The lowest BCUT2D eigenvalue weighted by Crippen LogP contribution is -2.38. The van der Waals surface area contributed by atoms with Gasteiger partial charge in [-0.1, -0.05) is 5.92 Å². The van der Waals surface area contributed by atoms with E-state index in [0.29, 0.717) is 0 Å². The lowest BCUT2D eigenvalue weighted by molar-refractivity contribution is -0.163. The van der Waals surface area contributed by atoms with Crippen molar-refractivity contribution in [3.8, 4) is 12.3 Å². The minimum absolute atomic E-state index is 0.0803. The lowest BCUT2D eigenvalue weighted by atomic mass is 9.51. The first-order chi connectivity index (χ1) is 11.2. The zero-order valence-electron chi connectivity index (χ0n) is 13.4. The first kappa shape index (κ1) is 16.3. The molecular weight excluding hydrogens is 315 g/mol. The summed E-state index contributed by atoms with van der Waals surface area (Å²) in [4.78, 5) is 23.4. The van der Waals surface area contributed by atoms with Crippen LogP contribution in [-0.4, -0.2) is 53.9 Å². The Bertz CT molecular complexity index is 880. The van der Waals surface area contributed by atoms with Gasteiger partial charge in [0, 0.05) is 0 Å². The number of esters is 1. The van der Waals surface area contributed by atoms with Crippen LogP contribution in [0.1, 0.15) is 12.6 Å². The predicted octanol–water partition coefficient (Wildman–Crippen LogP) is -1.61. The monoisotopic (exact) mass is 329 g/mol. The summed E-state index contributed by atoms with van der Waals surface area (Å²) in [5.41, 5.74) is 4.55. The van der Waals surface area contributed by atoms with Crippen molar-refractivity contribution in [2.24, 2.45) is 0 Å². The number of fused-ring (bicyclic) bond motifs is 1. The molecule has 0 bridgehead atoms. The third-order valence-electron chi connectivity index (χ3n) is 4.11.